The maximum atomic E-state index is 12.2. The van der Waals surface area contributed by atoms with E-state index in [1.54, 1.807) is 0 Å². The quantitative estimate of drug-likeness (QED) is 0.722. The summed E-state index contributed by atoms with van der Waals surface area (Å²) in [7, 11) is 4.04. The normalized spacial score (nSPS) is 14.5. The average Bonchev–Trinajstić information content (AvgIpc) is 2.44. The van der Waals surface area contributed by atoms with Crippen molar-refractivity contribution in [1.29, 1.82) is 0 Å². The standard InChI is InChI=1S/C17H29N3O2/c1-13(17(2,3)12-20(4)5)18-16(22)19-15(11-21)14-9-7-6-8-10-14/h6-10,13,15,21H,11-12H2,1-5H3,(H2,18,19,22). The molecule has 3 N–H and O–H groups in total. The van der Waals surface area contributed by atoms with Crippen LogP contribution in [-0.2, 0) is 0 Å². The minimum Gasteiger partial charge on any atom is -0.394 e. The van der Waals surface area contributed by atoms with Crippen LogP contribution in [0.15, 0.2) is 30.3 Å². The van der Waals surface area contributed by atoms with Crippen LogP contribution >= 0.6 is 0 Å². The Kier molecular flexibility index (Phi) is 6.84. The highest BCUT2D eigenvalue weighted by molar-refractivity contribution is 5.74. The van der Waals surface area contributed by atoms with E-state index in [9.17, 15) is 9.90 Å². The SMILES string of the molecule is CC(NC(=O)NC(CO)c1ccccc1)C(C)(C)CN(C)C. The van der Waals surface area contributed by atoms with Crippen LogP contribution in [0.25, 0.3) is 0 Å². The van der Waals surface area contributed by atoms with Crippen molar-refractivity contribution in [3.63, 3.8) is 0 Å². The topological polar surface area (TPSA) is 64.6 Å². The van der Waals surface area contributed by atoms with E-state index in [1.165, 1.54) is 0 Å². The fraction of sp³-hybridized carbons (Fsp3) is 0.588. The van der Waals surface area contributed by atoms with E-state index in [2.05, 4.69) is 29.4 Å². The summed E-state index contributed by atoms with van der Waals surface area (Å²) in [4.78, 5) is 14.3. The van der Waals surface area contributed by atoms with E-state index in [-0.39, 0.29) is 24.1 Å². The molecule has 0 aliphatic heterocycles. The van der Waals surface area contributed by atoms with Gasteiger partial charge in [-0.3, -0.25) is 0 Å². The number of nitrogens with one attached hydrogen (secondary N) is 2. The molecule has 1 aromatic carbocycles. The summed E-state index contributed by atoms with van der Waals surface area (Å²) in [5.74, 6) is 0. The third kappa shape index (κ3) is 5.66. The van der Waals surface area contributed by atoms with E-state index >= 15 is 0 Å². The van der Waals surface area contributed by atoms with E-state index in [1.807, 2.05) is 51.4 Å². The molecular formula is C17H29N3O2. The predicted octanol–water partition coefficient (Wildman–Crippen LogP) is 2.00. The number of aliphatic hydroxyl groups excluding tert-OH is 1. The van der Waals surface area contributed by atoms with Crippen LogP contribution in [0.1, 0.15) is 32.4 Å². The molecule has 5 heteroatoms. The maximum absolute atomic E-state index is 12.2. The second kappa shape index (κ2) is 8.15. The molecule has 1 aromatic rings. The van der Waals surface area contributed by atoms with Gasteiger partial charge >= 0.3 is 6.03 Å². The molecule has 5 nitrogen and oxygen atoms in total. The monoisotopic (exact) mass is 307 g/mol. The molecule has 0 saturated heterocycles. The molecular weight excluding hydrogens is 278 g/mol. The lowest BCUT2D eigenvalue weighted by molar-refractivity contribution is 0.174. The Morgan fingerprint density at radius 1 is 1.23 bits per heavy atom. The van der Waals surface area contributed by atoms with Crippen LogP contribution in [0.3, 0.4) is 0 Å². The number of rotatable bonds is 7. The van der Waals surface area contributed by atoms with E-state index in [4.69, 9.17) is 0 Å². The van der Waals surface area contributed by atoms with Gasteiger partial charge < -0.3 is 20.6 Å². The van der Waals surface area contributed by atoms with E-state index in [0.717, 1.165) is 12.1 Å². The number of carbonyl (C=O) groups is 1. The van der Waals surface area contributed by atoms with Crippen molar-refractivity contribution in [2.24, 2.45) is 5.41 Å². The summed E-state index contributed by atoms with van der Waals surface area (Å²) in [5.41, 5.74) is 0.836. The summed E-state index contributed by atoms with van der Waals surface area (Å²) >= 11 is 0. The summed E-state index contributed by atoms with van der Waals surface area (Å²) in [5, 5.41) is 15.3. The van der Waals surface area contributed by atoms with Crippen molar-refractivity contribution in [3.8, 4) is 0 Å². The molecule has 124 valence electrons. The number of urea groups is 1. The molecule has 1 rings (SSSR count). The van der Waals surface area contributed by atoms with Crippen LogP contribution in [0, 0.1) is 5.41 Å². The lowest BCUT2D eigenvalue weighted by atomic mass is 9.85. The molecule has 0 heterocycles. The average molecular weight is 307 g/mol. The van der Waals surface area contributed by atoms with E-state index < -0.39 is 6.04 Å². The lowest BCUT2D eigenvalue weighted by Crippen LogP contribution is -2.51. The summed E-state index contributed by atoms with van der Waals surface area (Å²) < 4.78 is 0. The Morgan fingerprint density at radius 3 is 2.32 bits per heavy atom. The van der Waals surface area contributed by atoms with Crippen molar-refractivity contribution in [2.75, 3.05) is 27.2 Å². The van der Waals surface area contributed by atoms with Gasteiger partial charge in [-0.15, -0.1) is 0 Å². The highest BCUT2D eigenvalue weighted by Gasteiger charge is 2.28. The van der Waals surface area contributed by atoms with Gasteiger partial charge in [0.25, 0.3) is 0 Å². The number of aliphatic hydroxyl groups is 1. The van der Waals surface area contributed by atoms with Gasteiger partial charge in [-0.05, 0) is 32.0 Å². The van der Waals surface area contributed by atoms with Crippen molar-refractivity contribution in [2.45, 2.75) is 32.9 Å². The molecule has 0 aliphatic rings. The minimum atomic E-state index is -0.398. The zero-order valence-electron chi connectivity index (χ0n) is 14.3. The minimum absolute atomic E-state index is 0.00464. The Labute approximate surface area is 133 Å². The zero-order chi connectivity index (χ0) is 16.8. The molecule has 2 amide bonds. The Hall–Kier alpha value is -1.59. The Morgan fingerprint density at radius 2 is 1.82 bits per heavy atom. The van der Waals surface area contributed by atoms with Crippen LogP contribution in [-0.4, -0.2) is 49.3 Å². The number of carbonyl (C=O) groups excluding carboxylic acids is 1. The van der Waals surface area contributed by atoms with Gasteiger partial charge in [0.05, 0.1) is 12.6 Å². The second-order valence-electron chi connectivity index (χ2n) is 6.71. The molecule has 22 heavy (non-hydrogen) atoms. The zero-order valence-corrected chi connectivity index (χ0v) is 14.3. The summed E-state index contributed by atoms with van der Waals surface area (Å²) in [6.07, 6.45) is 0. The summed E-state index contributed by atoms with van der Waals surface area (Å²) in [6.45, 7) is 6.99. The first-order valence-corrected chi connectivity index (χ1v) is 7.64. The predicted molar refractivity (Wildman–Crippen MR) is 89.7 cm³/mol. The number of amides is 2. The van der Waals surface area contributed by atoms with Crippen LogP contribution < -0.4 is 10.6 Å². The van der Waals surface area contributed by atoms with Gasteiger partial charge in [0, 0.05) is 12.6 Å². The lowest BCUT2D eigenvalue weighted by Gasteiger charge is -2.35. The molecule has 2 unspecified atom stereocenters. The Balaban J connectivity index is 2.61. The third-order valence-electron chi connectivity index (χ3n) is 3.93. The van der Waals surface area contributed by atoms with Gasteiger partial charge in [-0.2, -0.15) is 0 Å². The number of benzene rings is 1. The van der Waals surface area contributed by atoms with Gasteiger partial charge in [-0.25, -0.2) is 4.79 Å². The molecule has 0 saturated carbocycles. The highest BCUT2D eigenvalue weighted by atomic mass is 16.3. The van der Waals surface area contributed by atoms with Crippen LogP contribution in [0.4, 0.5) is 4.79 Å². The van der Waals surface area contributed by atoms with Crippen molar-refractivity contribution in [1.82, 2.24) is 15.5 Å². The highest BCUT2D eigenvalue weighted by Crippen LogP contribution is 2.21. The molecule has 2 atom stereocenters. The number of nitrogens with zero attached hydrogens (tertiary/aromatic N) is 1. The van der Waals surface area contributed by atoms with Crippen LogP contribution in [0.2, 0.25) is 0 Å². The molecule has 0 aromatic heterocycles. The molecule has 0 radical (unpaired) electrons. The molecule has 0 spiro atoms. The molecule has 0 aliphatic carbocycles. The van der Waals surface area contributed by atoms with Gasteiger partial charge in [0.2, 0.25) is 0 Å². The van der Waals surface area contributed by atoms with E-state index in [0.29, 0.717) is 0 Å². The second-order valence-corrected chi connectivity index (χ2v) is 6.71. The largest absolute Gasteiger partial charge is 0.394 e. The molecule has 0 bridgehead atoms. The fourth-order valence-electron chi connectivity index (χ4n) is 2.46. The maximum Gasteiger partial charge on any atom is 0.315 e. The van der Waals surface area contributed by atoms with Gasteiger partial charge in [-0.1, -0.05) is 44.2 Å². The van der Waals surface area contributed by atoms with Crippen molar-refractivity contribution >= 4 is 6.03 Å². The first-order chi connectivity index (χ1) is 10.3. The number of hydrogen-bond acceptors (Lipinski definition) is 3. The molecule has 0 fully saturated rings. The first kappa shape index (κ1) is 18.5. The Bertz CT molecular complexity index is 460. The first-order valence-electron chi connectivity index (χ1n) is 7.64. The third-order valence-corrected chi connectivity index (χ3v) is 3.93. The fourth-order valence-corrected chi connectivity index (χ4v) is 2.46. The van der Waals surface area contributed by atoms with Gasteiger partial charge in [0.15, 0.2) is 0 Å². The van der Waals surface area contributed by atoms with Gasteiger partial charge in [0.1, 0.15) is 0 Å². The van der Waals surface area contributed by atoms with Crippen molar-refractivity contribution < 1.29 is 9.90 Å². The summed E-state index contributed by atoms with van der Waals surface area (Å²) in [6, 6.07) is 8.81. The van der Waals surface area contributed by atoms with Crippen LogP contribution in [0.5, 0.6) is 0 Å². The van der Waals surface area contributed by atoms with Crippen molar-refractivity contribution in [3.05, 3.63) is 35.9 Å². The number of hydrogen-bond donors (Lipinski definition) is 3. The smallest absolute Gasteiger partial charge is 0.315 e.